The summed E-state index contributed by atoms with van der Waals surface area (Å²) in [4.78, 5) is 35.8. The highest BCUT2D eigenvalue weighted by atomic mass is 32.2. The minimum Gasteiger partial charge on any atom is -0.478 e. The highest BCUT2D eigenvalue weighted by Gasteiger charge is 2.31. The van der Waals surface area contributed by atoms with Gasteiger partial charge >= 0.3 is 5.97 Å². The third-order valence-corrected chi connectivity index (χ3v) is 7.28. The number of thioether (sulfide) groups is 1. The molecule has 36 heavy (non-hydrogen) atoms. The molecule has 8 heteroatoms. The van der Waals surface area contributed by atoms with Crippen LogP contribution in [-0.2, 0) is 11.2 Å². The van der Waals surface area contributed by atoms with E-state index >= 15 is 0 Å². The second kappa shape index (κ2) is 10.0. The second-order valence-electron chi connectivity index (χ2n) is 8.36. The lowest BCUT2D eigenvalue weighted by molar-refractivity contribution is -0.122. The standard InChI is InChI=1S/C28H21N3O3S2/c1-17-25(30-23-8-3-2-7-22(23)29-17)21-6-4-5-19(15-21)16-24-26(32)31(28(35)36-24)14-13-18-9-11-20(12-10-18)27(33)34/h2-12,15-16H,13-14H2,1H3,(H,33,34)/b24-16-. The van der Waals surface area contributed by atoms with Crippen molar-refractivity contribution in [3.8, 4) is 11.3 Å². The molecule has 1 aliphatic heterocycles. The molecular formula is C28H21N3O3S2. The Balaban J connectivity index is 1.34. The molecule has 0 atom stereocenters. The minimum atomic E-state index is -0.962. The van der Waals surface area contributed by atoms with E-state index in [1.54, 1.807) is 29.2 Å². The summed E-state index contributed by atoms with van der Waals surface area (Å²) in [5, 5.41) is 9.05. The van der Waals surface area contributed by atoms with Gasteiger partial charge in [0.25, 0.3) is 5.91 Å². The molecule has 0 spiro atoms. The molecule has 0 unspecified atom stereocenters. The number of aromatic nitrogens is 2. The van der Waals surface area contributed by atoms with Gasteiger partial charge in [-0.2, -0.15) is 0 Å². The molecule has 1 aromatic heterocycles. The van der Waals surface area contributed by atoms with Crippen LogP contribution in [0.25, 0.3) is 28.4 Å². The van der Waals surface area contributed by atoms with Crippen molar-refractivity contribution in [1.29, 1.82) is 0 Å². The molecule has 1 amide bonds. The number of benzene rings is 3. The zero-order valence-corrected chi connectivity index (χ0v) is 21.0. The van der Waals surface area contributed by atoms with Crippen molar-refractivity contribution in [2.45, 2.75) is 13.3 Å². The fourth-order valence-corrected chi connectivity index (χ4v) is 5.35. The molecule has 5 rings (SSSR count). The summed E-state index contributed by atoms with van der Waals surface area (Å²) in [6.45, 7) is 2.38. The summed E-state index contributed by atoms with van der Waals surface area (Å²) in [7, 11) is 0. The predicted octanol–water partition coefficient (Wildman–Crippen LogP) is 5.75. The number of carboxylic acids is 1. The molecule has 2 heterocycles. The second-order valence-corrected chi connectivity index (χ2v) is 10.0. The van der Waals surface area contributed by atoms with E-state index in [0.717, 1.165) is 39.1 Å². The molecule has 6 nitrogen and oxygen atoms in total. The number of fused-ring (bicyclic) bond motifs is 1. The number of thiocarbonyl (C=S) groups is 1. The maximum atomic E-state index is 13.1. The molecule has 178 valence electrons. The topological polar surface area (TPSA) is 83.4 Å². The molecule has 1 saturated heterocycles. The Morgan fingerprint density at radius 2 is 1.75 bits per heavy atom. The minimum absolute atomic E-state index is 0.126. The number of para-hydroxylation sites is 2. The Kier molecular flexibility index (Phi) is 6.63. The van der Waals surface area contributed by atoms with E-state index in [9.17, 15) is 9.59 Å². The zero-order chi connectivity index (χ0) is 25.2. The largest absolute Gasteiger partial charge is 0.478 e. The van der Waals surface area contributed by atoms with Gasteiger partial charge in [0.15, 0.2) is 0 Å². The molecule has 0 aliphatic carbocycles. The molecule has 1 aliphatic rings. The van der Waals surface area contributed by atoms with E-state index in [2.05, 4.69) is 4.98 Å². The monoisotopic (exact) mass is 511 g/mol. The summed E-state index contributed by atoms with van der Waals surface area (Å²) in [5.74, 6) is -1.09. The van der Waals surface area contributed by atoms with Crippen LogP contribution in [0.1, 0.15) is 27.2 Å². The summed E-state index contributed by atoms with van der Waals surface area (Å²) in [6, 6.07) is 22.3. The number of rotatable bonds is 6. The quantitative estimate of drug-likeness (QED) is 0.261. The fourth-order valence-electron chi connectivity index (χ4n) is 4.04. The number of aromatic carboxylic acids is 1. The van der Waals surface area contributed by atoms with Crippen LogP contribution in [-0.4, -0.2) is 42.7 Å². The molecule has 4 aromatic rings. The molecule has 3 aromatic carbocycles. The maximum absolute atomic E-state index is 13.1. The van der Waals surface area contributed by atoms with Crippen molar-refractivity contribution in [3.63, 3.8) is 0 Å². The fraction of sp³-hybridized carbons (Fsp3) is 0.107. The third-order valence-electron chi connectivity index (χ3n) is 5.90. The molecular weight excluding hydrogens is 490 g/mol. The van der Waals surface area contributed by atoms with E-state index in [1.807, 2.05) is 61.5 Å². The smallest absolute Gasteiger partial charge is 0.335 e. The lowest BCUT2D eigenvalue weighted by Gasteiger charge is -2.14. The average Bonchev–Trinajstić information content (AvgIpc) is 3.14. The van der Waals surface area contributed by atoms with Crippen LogP contribution in [0.15, 0.2) is 77.7 Å². The zero-order valence-electron chi connectivity index (χ0n) is 19.3. The number of amides is 1. The van der Waals surface area contributed by atoms with Crippen LogP contribution < -0.4 is 0 Å². The van der Waals surface area contributed by atoms with E-state index in [4.69, 9.17) is 22.3 Å². The van der Waals surface area contributed by atoms with E-state index in [1.165, 1.54) is 11.8 Å². The van der Waals surface area contributed by atoms with Crippen molar-refractivity contribution >= 4 is 57.3 Å². The SMILES string of the molecule is Cc1nc2ccccc2nc1-c1cccc(/C=C2\SC(=S)N(CCc3ccc(C(=O)O)cc3)C2=O)c1. The molecule has 1 N–H and O–H groups in total. The van der Waals surface area contributed by atoms with Gasteiger partial charge in [0, 0.05) is 12.1 Å². The highest BCUT2D eigenvalue weighted by molar-refractivity contribution is 8.26. The highest BCUT2D eigenvalue weighted by Crippen LogP contribution is 2.33. The van der Waals surface area contributed by atoms with Gasteiger partial charge in [-0.05, 0) is 60.9 Å². The molecule has 0 bridgehead atoms. The van der Waals surface area contributed by atoms with Gasteiger partial charge in [-0.1, -0.05) is 66.4 Å². The van der Waals surface area contributed by atoms with Gasteiger partial charge in [-0.3, -0.25) is 9.69 Å². The number of nitrogens with zero attached hydrogens (tertiary/aromatic N) is 3. The lowest BCUT2D eigenvalue weighted by Crippen LogP contribution is -2.30. The number of hydrogen-bond donors (Lipinski definition) is 1. The van der Waals surface area contributed by atoms with E-state index < -0.39 is 5.97 Å². The first kappa shape index (κ1) is 23.8. The van der Waals surface area contributed by atoms with Crippen LogP contribution in [0.2, 0.25) is 0 Å². The maximum Gasteiger partial charge on any atom is 0.335 e. The van der Waals surface area contributed by atoms with Crippen molar-refractivity contribution in [2.24, 2.45) is 0 Å². The lowest BCUT2D eigenvalue weighted by atomic mass is 10.1. The van der Waals surface area contributed by atoms with Crippen molar-refractivity contribution < 1.29 is 14.7 Å². The first-order chi connectivity index (χ1) is 17.4. The molecule has 1 fully saturated rings. The number of carbonyl (C=O) groups excluding carboxylic acids is 1. The Hall–Kier alpha value is -3.88. The van der Waals surface area contributed by atoms with Crippen molar-refractivity contribution in [2.75, 3.05) is 6.54 Å². The van der Waals surface area contributed by atoms with Gasteiger partial charge < -0.3 is 5.11 Å². The van der Waals surface area contributed by atoms with Crippen LogP contribution >= 0.6 is 24.0 Å². The van der Waals surface area contributed by atoms with Gasteiger partial charge in [-0.15, -0.1) is 0 Å². The number of aryl methyl sites for hydroxylation is 1. The summed E-state index contributed by atoms with van der Waals surface area (Å²) in [6.07, 6.45) is 2.43. The normalized spacial score (nSPS) is 14.7. The van der Waals surface area contributed by atoms with Crippen LogP contribution in [0.3, 0.4) is 0 Å². The van der Waals surface area contributed by atoms with Crippen molar-refractivity contribution in [1.82, 2.24) is 14.9 Å². The Morgan fingerprint density at radius 1 is 1.03 bits per heavy atom. The number of carbonyl (C=O) groups is 2. The predicted molar refractivity (Wildman–Crippen MR) is 147 cm³/mol. The van der Waals surface area contributed by atoms with E-state index in [-0.39, 0.29) is 11.5 Å². The first-order valence-electron chi connectivity index (χ1n) is 11.3. The Morgan fingerprint density at radius 3 is 2.47 bits per heavy atom. The van der Waals surface area contributed by atoms with E-state index in [0.29, 0.717) is 22.2 Å². The Labute approximate surface area is 217 Å². The third kappa shape index (κ3) is 4.91. The van der Waals surface area contributed by atoms with Crippen molar-refractivity contribution in [3.05, 3.63) is 100 Å². The molecule has 0 radical (unpaired) electrons. The van der Waals surface area contributed by atoms with Gasteiger partial charge in [0.1, 0.15) is 4.32 Å². The van der Waals surface area contributed by atoms with Crippen LogP contribution in [0.5, 0.6) is 0 Å². The van der Waals surface area contributed by atoms with Crippen LogP contribution in [0.4, 0.5) is 0 Å². The van der Waals surface area contributed by atoms with Gasteiger partial charge in [0.2, 0.25) is 0 Å². The first-order valence-corrected chi connectivity index (χ1v) is 12.5. The average molecular weight is 512 g/mol. The number of carboxylic acid groups (broad SMARTS) is 1. The summed E-state index contributed by atoms with van der Waals surface area (Å²) < 4.78 is 0.515. The van der Waals surface area contributed by atoms with Crippen LogP contribution in [0, 0.1) is 6.92 Å². The Bertz CT molecular complexity index is 1550. The number of hydrogen-bond acceptors (Lipinski definition) is 6. The molecule has 0 saturated carbocycles. The van der Waals surface area contributed by atoms with Gasteiger partial charge in [-0.25, -0.2) is 14.8 Å². The summed E-state index contributed by atoms with van der Waals surface area (Å²) in [5.41, 5.74) is 6.33. The van der Waals surface area contributed by atoms with Gasteiger partial charge in [0.05, 0.1) is 32.9 Å². The summed E-state index contributed by atoms with van der Waals surface area (Å²) >= 11 is 6.76.